The Balaban J connectivity index is 1.65. The largest absolute Gasteiger partial charge is 0.435 e. The lowest BCUT2D eigenvalue weighted by Gasteiger charge is -2.11. The number of hydrogen-bond donors (Lipinski definition) is 1. The highest BCUT2D eigenvalue weighted by Gasteiger charge is 2.36. The first-order valence-electron chi connectivity index (χ1n) is 10.4. The quantitative estimate of drug-likeness (QED) is 0.298. The maximum atomic E-state index is 13.3. The number of hydrogen-bond acceptors (Lipinski definition) is 5. The van der Waals surface area contributed by atoms with Crippen molar-refractivity contribution in [2.24, 2.45) is 4.99 Å². The van der Waals surface area contributed by atoms with E-state index < -0.39 is 23.8 Å². The standard InChI is InChI=1S/C26H17F3N4O2/c27-26(28,29)24-14-22(33(32-24)21-11-4-6-17(12-21)15-30)23(34)16-31-20-10-5-9-19(13-20)25(35)18-7-2-1-3-8-18/h1-14,16,25,35H. The first-order valence-corrected chi connectivity index (χ1v) is 10.4. The lowest BCUT2D eigenvalue weighted by atomic mass is 10.0. The fourth-order valence-corrected chi connectivity index (χ4v) is 3.40. The van der Waals surface area contributed by atoms with Gasteiger partial charge in [-0.3, -0.25) is 9.79 Å². The minimum absolute atomic E-state index is 0.129. The molecule has 4 rings (SSSR count). The number of aliphatic imine (C=N–C) groups is 1. The zero-order valence-electron chi connectivity index (χ0n) is 18.0. The molecule has 0 saturated carbocycles. The number of ketones is 1. The lowest BCUT2D eigenvalue weighted by Crippen LogP contribution is -2.10. The van der Waals surface area contributed by atoms with Crippen LogP contribution >= 0.6 is 0 Å². The van der Waals surface area contributed by atoms with Crippen molar-refractivity contribution in [3.63, 3.8) is 0 Å². The summed E-state index contributed by atoms with van der Waals surface area (Å²) in [6.45, 7) is 0. The second-order valence-electron chi connectivity index (χ2n) is 7.52. The molecule has 35 heavy (non-hydrogen) atoms. The number of Topliss-reactive ketones (excluding diaryl/α,β-unsaturated/α-hetero) is 1. The van der Waals surface area contributed by atoms with Crippen molar-refractivity contribution < 1.29 is 23.1 Å². The molecule has 0 bridgehead atoms. The molecule has 0 fully saturated rings. The molecule has 1 heterocycles. The van der Waals surface area contributed by atoms with Crippen molar-refractivity contribution in [2.45, 2.75) is 12.3 Å². The van der Waals surface area contributed by atoms with Gasteiger partial charge in [-0.05, 0) is 41.5 Å². The number of benzene rings is 3. The zero-order chi connectivity index (χ0) is 25.0. The Morgan fingerprint density at radius 3 is 2.43 bits per heavy atom. The van der Waals surface area contributed by atoms with E-state index in [1.807, 2.05) is 12.1 Å². The van der Waals surface area contributed by atoms with Gasteiger partial charge in [0.1, 0.15) is 11.8 Å². The van der Waals surface area contributed by atoms with Crippen molar-refractivity contribution in [3.8, 4) is 11.8 Å². The highest BCUT2D eigenvalue weighted by Crippen LogP contribution is 2.30. The van der Waals surface area contributed by atoms with Crippen LogP contribution in [0.1, 0.15) is 39.0 Å². The number of nitriles is 1. The topological polar surface area (TPSA) is 91.3 Å². The average Bonchev–Trinajstić information content (AvgIpc) is 3.34. The van der Waals surface area contributed by atoms with Crippen LogP contribution in [0.3, 0.4) is 0 Å². The van der Waals surface area contributed by atoms with E-state index in [0.717, 1.165) is 10.9 Å². The molecule has 4 aromatic rings. The van der Waals surface area contributed by atoms with Gasteiger partial charge in [-0.2, -0.15) is 23.5 Å². The van der Waals surface area contributed by atoms with Crippen LogP contribution in [0, 0.1) is 11.3 Å². The Hall–Kier alpha value is -4.55. The molecule has 1 N–H and O–H groups in total. The molecule has 0 amide bonds. The van der Waals surface area contributed by atoms with Gasteiger partial charge in [0.2, 0.25) is 5.78 Å². The monoisotopic (exact) mass is 474 g/mol. The van der Waals surface area contributed by atoms with Gasteiger partial charge in [0.05, 0.1) is 29.2 Å². The fraction of sp³-hybridized carbons (Fsp3) is 0.0769. The van der Waals surface area contributed by atoms with Gasteiger partial charge in [-0.1, -0.05) is 48.5 Å². The second kappa shape index (κ2) is 9.75. The van der Waals surface area contributed by atoms with Crippen molar-refractivity contribution in [1.82, 2.24) is 9.78 Å². The van der Waals surface area contributed by atoms with E-state index in [-0.39, 0.29) is 16.9 Å². The molecular weight excluding hydrogens is 457 g/mol. The Bertz CT molecular complexity index is 1440. The van der Waals surface area contributed by atoms with Gasteiger partial charge >= 0.3 is 6.18 Å². The average molecular weight is 474 g/mol. The number of alkyl halides is 3. The van der Waals surface area contributed by atoms with Crippen LogP contribution in [0.2, 0.25) is 0 Å². The van der Waals surface area contributed by atoms with Gasteiger partial charge in [-0.25, -0.2) is 4.68 Å². The first-order chi connectivity index (χ1) is 16.8. The zero-order valence-corrected chi connectivity index (χ0v) is 18.0. The highest BCUT2D eigenvalue weighted by atomic mass is 19.4. The summed E-state index contributed by atoms with van der Waals surface area (Å²) >= 11 is 0. The normalized spacial score (nSPS) is 12.4. The summed E-state index contributed by atoms with van der Waals surface area (Å²) in [5.74, 6) is -0.815. The molecule has 1 aromatic heterocycles. The molecule has 0 radical (unpaired) electrons. The van der Waals surface area contributed by atoms with Crippen molar-refractivity contribution in [1.29, 1.82) is 5.26 Å². The molecule has 9 heteroatoms. The second-order valence-corrected chi connectivity index (χ2v) is 7.52. The number of aliphatic hydroxyl groups excluding tert-OH is 1. The summed E-state index contributed by atoms with van der Waals surface area (Å²) in [5, 5.41) is 23.2. The van der Waals surface area contributed by atoms with Crippen LogP contribution in [0.4, 0.5) is 18.9 Å². The maximum Gasteiger partial charge on any atom is 0.435 e. The third kappa shape index (κ3) is 5.34. The Kier molecular flexibility index (Phi) is 6.57. The SMILES string of the molecule is N#Cc1cccc(-n2nc(C(F)(F)F)cc2C(=O)C=Nc2cccc(C(O)c3ccccc3)c2)c1. The van der Waals surface area contributed by atoms with Crippen molar-refractivity contribution in [3.05, 3.63) is 113 Å². The molecule has 0 aliphatic heterocycles. The predicted molar refractivity (Wildman–Crippen MR) is 123 cm³/mol. The van der Waals surface area contributed by atoms with Crippen LogP contribution in [0.25, 0.3) is 5.69 Å². The van der Waals surface area contributed by atoms with Crippen LogP contribution < -0.4 is 0 Å². The van der Waals surface area contributed by atoms with Crippen LogP contribution in [-0.4, -0.2) is 26.9 Å². The Morgan fingerprint density at radius 2 is 1.71 bits per heavy atom. The number of aromatic nitrogens is 2. The summed E-state index contributed by atoms with van der Waals surface area (Å²) in [7, 11) is 0. The number of carbonyl (C=O) groups is 1. The molecule has 6 nitrogen and oxygen atoms in total. The predicted octanol–water partition coefficient (Wildman–Crippen LogP) is 5.43. The molecular formula is C26H17F3N4O2. The lowest BCUT2D eigenvalue weighted by molar-refractivity contribution is -0.141. The summed E-state index contributed by atoms with van der Waals surface area (Å²) in [4.78, 5) is 17.0. The number of nitrogens with zero attached hydrogens (tertiary/aromatic N) is 4. The van der Waals surface area contributed by atoms with Crippen LogP contribution in [0.15, 0.2) is 89.9 Å². The summed E-state index contributed by atoms with van der Waals surface area (Å²) in [6, 6.07) is 23.8. The van der Waals surface area contributed by atoms with E-state index in [9.17, 15) is 23.1 Å². The van der Waals surface area contributed by atoms with Gasteiger partial charge in [0, 0.05) is 6.07 Å². The van der Waals surface area contributed by atoms with E-state index in [1.54, 1.807) is 48.5 Å². The molecule has 3 aromatic carbocycles. The number of rotatable bonds is 6. The molecule has 0 aliphatic carbocycles. The molecule has 0 saturated heterocycles. The Labute approximate surface area is 198 Å². The molecule has 0 aliphatic rings. The Morgan fingerprint density at radius 1 is 1.00 bits per heavy atom. The van der Waals surface area contributed by atoms with Gasteiger partial charge in [0.15, 0.2) is 5.69 Å². The van der Waals surface area contributed by atoms with E-state index in [4.69, 9.17) is 5.26 Å². The van der Waals surface area contributed by atoms with Crippen molar-refractivity contribution in [2.75, 3.05) is 0 Å². The van der Waals surface area contributed by atoms with E-state index in [0.29, 0.717) is 22.9 Å². The molecule has 174 valence electrons. The van der Waals surface area contributed by atoms with E-state index in [1.165, 1.54) is 24.3 Å². The van der Waals surface area contributed by atoms with E-state index in [2.05, 4.69) is 10.1 Å². The number of carbonyl (C=O) groups excluding carboxylic acids is 1. The van der Waals surface area contributed by atoms with Gasteiger partial charge in [0.25, 0.3) is 0 Å². The third-order valence-corrected chi connectivity index (χ3v) is 5.10. The number of aliphatic hydroxyl groups is 1. The minimum Gasteiger partial charge on any atom is -0.384 e. The smallest absolute Gasteiger partial charge is 0.384 e. The van der Waals surface area contributed by atoms with Crippen molar-refractivity contribution >= 4 is 17.7 Å². The fourth-order valence-electron chi connectivity index (χ4n) is 3.40. The van der Waals surface area contributed by atoms with Gasteiger partial charge in [-0.15, -0.1) is 0 Å². The minimum atomic E-state index is -4.77. The summed E-state index contributed by atoms with van der Waals surface area (Å²) < 4.78 is 40.8. The first kappa shape index (κ1) is 23.6. The van der Waals surface area contributed by atoms with Gasteiger partial charge < -0.3 is 5.11 Å². The van der Waals surface area contributed by atoms with Crippen LogP contribution in [-0.2, 0) is 6.18 Å². The molecule has 0 spiro atoms. The third-order valence-electron chi connectivity index (χ3n) is 5.10. The number of halogens is 3. The maximum absolute atomic E-state index is 13.3. The summed E-state index contributed by atoms with van der Waals surface area (Å²) in [5.41, 5.74) is 0.265. The summed E-state index contributed by atoms with van der Waals surface area (Å²) in [6.07, 6.45) is -4.78. The van der Waals surface area contributed by atoms with Crippen LogP contribution in [0.5, 0.6) is 0 Å². The molecule has 1 unspecified atom stereocenters. The molecule has 1 atom stereocenters. The van der Waals surface area contributed by atoms with E-state index >= 15 is 0 Å². The highest BCUT2D eigenvalue weighted by molar-refractivity contribution is 6.35.